The van der Waals surface area contributed by atoms with Crippen molar-refractivity contribution in [3.8, 4) is 56.8 Å². The number of aromatic hydroxyl groups is 2. The summed E-state index contributed by atoms with van der Waals surface area (Å²) in [6.07, 6.45) is 1.79. The van der Waals surface area contributed by atoms with Gasteiger partial charge in [0.05, 0.1) is 26.9 Å². The summed E-state index contributed by atoms with van der Waals surface area (Å²) in [4.78, 5) is 0. The topological polar surface area (TPSA) is 77.4 Å². The van der Waals surface area contributed by atoms with Gasteiger partial charge in [0.15, 0.2) is 23.0 Å². The number of phenolic OH excluding ortho intramolecular Hbond substituents is 2. The van der Waals surface area contributed by atoms with E-state index in [9.17, 15) is 10.2 Å². The minimum atomic E-state index is -0.0765. The number of hydrogen-bond donors (Lipinski definition) is 2. The van der Waals surface area contributed by atoms with Crippen LogP contribution >= 0.6 is 34.2 Å². The second-order valence-electron chi connectivity index (χ2n) is 6.89. The lowest BCUT2D eigenvalue weighted by Crippen LogP contribution is -1.99. The van der Waals surface area contributed by atoms with E-state index in [2.05, 4.69) is 22.6 Å². The summed E-state index contributed by atoms with van der Waals surface area (Å²) in [5, 5.41) is 21.5. The molecular formula is C25H24ClIO6. The first-order valence-electron chi connectivity index (χ1n) is 9.92. The molecule has 0 atom stereocenters. The van der Waals surface area contributed by atoms with E-state index >= 15 is 0 Å². The standard InChI is InChI=1S/C25H24ClIO6/c1-30-21-12-16(6-9-20(21)33-11-10-17(26)14-27)23-22(31-2)13-19(25(32-3)24(23)29)15-4-7-18(28)8-5-15/h4-10,12-13,28-29H,11,14H2,1-3H3/b17-10+. The molecule has 3 aromatic rings. The van der Waals surface area contributed by atoms with Gasteiger partial charge in [-0.15, -0.1) is 0 Å². The average Bonchev–Trinajstić information content (AvgIpc) is 2.84. The van der Waals surface area contributed by atoms with E-state index < -0.39 is 0 Å². The van der Waals surface area contributed by atoms with Gasteiger partial charge in [-0.3, -0.25) is 0 Å². The highest BCUT2D eigenvalue weighted by Crippen LogP contribution is 2.50. The van der Waals surface area contributed by atoms with Gasteiger partial charge in [0.2, 0.25) is 0 Å². The van der Waals surface area contributed by atoms with E-state index in [1.807, 2.05) is 0 Å². The van der Waals surface area contributed by atoms with E-state index in [0.29, 0.717) is 50.0 Å². The smallest absolute Gasteiger partial charge is 0.170 e. The number of halogens is 2. The van der Waals surface area contributed by atoms with Crippen LogP contribution in [0.15, 0.2) is 59.6 Å². The van der Waals surface area contributed by atoms with E-state index in [1.54, 1.807) is 61.7 Å². The molecule has 3 aromatic carbocycles. The molecular weight excluding hydrogens is 559 g/mol. The molecule has 8 heteroatoms. The van der Waals surface area contributed by atoms with Gasteiger partial charge in [0.1, 0.15) is 18.1 Å². The maximum absolute atomic E-state index is 11.2. The van der Waals surface area contributed by atoms with Crippen molar-refractivity contribution in [3.05, 3.63) is 59.6 Å². The van der Waals surface area contributed by atoms with Crippen LogP contribution in [0.3, 0.4) is 0 Å². The zero-order valence-corrected chi connectivity index (χ0v) is 21.3. The second-order valence-corrected chi connectivity index (χ2v) is 8.14. The Bertz CT molecular complexity index is 1140. The number of phenols is 2. The van der Waals surface area contributed by atoms with Crippen LogP contribution in [0.5, 0.6) is 34.5 Å². The summed E-state index contributed by atoms with van der Waals surface area (Å²) in [6.45, 7) is 0.307. The van der Waals surface area contributed by atoms with Crippen molar-refractivity contribution in [2.24, 2.45) is 0 Å². The van der Waals surface area contributed by atoms with Crippen LogP contribution in [0.1, 0.15) is 0 Å². The summed E-state index contributed by atoms with van der Waals surface area (Å²) in [5.41, 5.74) is 2.49. The Balaban J connectivity index is 2.07. The molecule has 174 valence electrons. The van der Waals surface area contributed by atoms with Crippen LogP contribution in [0.25, 0.3) is 22.3 Å². The van der Waals surface area contributed by atoms with Gasteiger partial charge >= 0.3 is 0 Å². The molecule has 0 heterocycles. The highest BCUT2D eigenvalue weighted by atomic mass is 127. The van der Waals surface area contributed by atoms with E-state index in [-0.39, 0.29) is 17.2 Å². The van der Waals surface area contributed by atoms with Gasteiger partial charge in [-0.05, 0) is 47.5 Å². The number of ether oxygens (including phenoxy) is 4. The fraction of sp³-hybridized carbons (Fsp3) is 0.200. The van der Waals surface area contributed by atoms with Crippen LogP contribution in [0.4, 0.5) is 0 Å². The number of benzene rings is 3. The average molecular weight is 583 g/mol. The van der Waals surface area contributed by atoms with Crippen molar-refractivity contribution in [1.29, 1.82) is 0 Å². The molecule has 33 heavy (non-hydrogen) atoms. The minimum Gasteiger partial charge on any atom is -0.508 e. The summed E-state index contributed by atoms with van der Waals surface area (Å²) >= 11 is 8.21. The maximum atomic E-state index is 11.2. The molecule has 0 radical (unpaired) electrons. The number of alkyl halides is 1. The first-order valence-corrected chi connectivity index (χ1v) is 11.8. The van der Waals surface area contributed by atoms with Crippen molar-refractivity contribution in [3.63, 3.8) is 0 Å². The normalized spacial score (nSPS) is 11.2. The molecule has 0 aromatic heterocycles. The molecule has 0 aliphatic heterocycles. The van der Waals surface area contributed by atoms with Crippen molar-refractivity contribution < 1.29 is 29.2 Å². The molecule has 0 spiro atoms. The van der Waals surface area contributed by atoms with Crippen LogP contribution in [-0.4, -0.2) is 42.6 Å². The minimum absolute atomic E-state index is 0.0765. The van der Waals surface area contributed by atoms with E-state index in [1.165, 1.54) is 14.2 Å². The Morgan fingerprint density at radius 3 is 2.15 bits per heavy atom. The van der Waals surface area contributed by atoms with E-state index in [0.717, 1.165) is 5.56 Å². The highest BCUT2D eigenvalue weighted by molar-refractivity contribution is 14.1. The Hall–Kier alpha value is -2.78. The summed E-state index contributed by atoms with van der Waals surface area (Å²) in [5.74, 6) is 1.84. The molecule has 0 bridgehead atoms. The summed E-state index contributed by atoms with van der Waals surface area (Å²) < 4.78 is 23.2. The van der Waals surface area contributed by atoms with Crippen molar-refractivity contribution in [2.45, 2.75) is 0 Å². The molecule has 6 nitrogen and oxygen atoms in total. The molecule has 0 amide bonds. The number of allylic oxidation sites excluding steroid dienone is 1. The molecule has 0 fully saturated rings. The summed E-state index contributed by atoms with van der Waals surface area (Å²) in [7, 11) is 4.57. The largest absolute Gasteiger partial charge is 0.508 e. The number of rotatable bonds is 9. The fourth-order valence-corrected chi connectivity index (χ4v) is 3.72. The molecule has 0 saturated heterocycles. The predicted octanol–water partition coefficient (Wildman–Crippen LogP) is 6.39. The van der Waals surface area contributed by atoms with Gasteiger partial charge < -0.3 is 29.2 Å². The van der Waals surface area contributed by atoms with Gasteiger partial charge in [-0.2, -0.15) is 0 Å². The lowest BCUT2D eigenvalue weighted by molar-refractivity contribution is 0.326. The molecule has 0 aliphatic carbocycles. The predicted molar refractivity (Wildman–Crippen MR) is 139 cm³/mol. The Labute approximate surface area is 211 Å². The van der Waals surface area contributed by atoms with E-state index in [4.69, 9.17) is 30.5 Å². The molecule has 0 aliphatic rings. The SMILES string of the molecule is COc1cc(-c2c(OC)cc(-c3ccc(O)cc3)c(OC)c2O)ccc1OC/C=C(/Cl)CI. The first-order chi connectivity index (χ1) is 15.9. The second kappa shape index (κ2) is 11.4. The molecule has 0 unspecified atom stereocenters. The summed E-state index contributed by atoms with van der Waals surface area (Å²) in [6, 6.07) is 13.7. The van der Waals surface area contributed by atoms with Crippen molar-refractivity contribution >= 4 is 34.2 Å². The molecule has 0 saturated carbocycles. The lowest BCUT2D eigenvalue weighted by atomic mass is 9.96. The highest BCUT2D eigenvalue weighted by Gasteiger charge is 2.22. The zero-order chi connectivity index (χ0) is 24.0. The van der Waals surface area contributed by atoms with Crippen LogP contribution < -0.4 is 18.9 Å². The maximum Gasteiger partial charge on any atom is 0.170 e. The fourth-order valence-electron chi connectivity index (χ4n) is 3.35. The van der Waals surface area contributed by atoms with Crippen LogP contribution in [0.2, 0.25) is 0 Å². The monoisotopic (exact) mass is 582 g/mol. The molecule has 3 rings (SSSR count). The third-order valence-corrected chi connectivity index (χ3v) is 6.50. The Morgan fingerprint density at radius 1 is 0.879 bits per heavy atom. The Kier molecular flexibility index (Phi) is 8.57. The third-order valence-electron chi connectivity index (χ3n) is 4.94. The third kappa shape index (κ3) is 5.59. The Morgan fingerprint density at radius 2 is 1.55 bits per heavy atom. The quantitative estimate of drug-likeness (QED) is 0.225. The van der Waals surface area contributed by atoms with Crippen molar-refractivity contribution in [2.75, 3.05) is 32.4 Å². The van der Waals surface area contributed by atoms with Crippen LogP contribution in [0, 0.1) is 0 Å². The zero-order valence-electron chi connectivity index (χ0n) is 18.4. The van der Waals surface area contributed by atoms with Gasteiger partial charge in [0, 0.05) is 15.0 Å². The number of methoxy groups -OCH3 is 3. The van der Waals surface area contributed by atoms with Gasteiger partial charge in [0.25, 0.3) is 0 Å². The molecule has 2 N–H and O–H groups in total. The number of hydrogen-bond acceptors (Lipinski definition) is 6. The lowest BCUT2D eigenvalue weighted by Gasteiger charge is -2.19. The van der Waals surface area contributed by atoms with Gasteiger partial charge in [-0.1, -0.05) is 52.4 Å². The van der Waals surface area contributed by atoms with Crippen LogP contribution in [-0.2, 0) is 0 Å². The first kappa shape index (κ1) is 24.9. The van der Waals surface area contributed by atoms with Crippen molar-refractivity contribution in [1.82, 2.24) is 0 Å². The van der Waals surface area contributed by atoms with Gasteiger partial charge in [-0.25, -0.2) is 0 Å².